The van der Waals surface area contributed by atoms with Crippen molar-refractivity contribution in [3.63, 3.8) is 0 Å². The average Bonchev–Trinajstić information content (AvgIpc) is 2.29. The predicted molar refractivity (Wildman–Crippen MR) is 66.6 cm³/mol. The Morgan fingerprint density at radius 1 is 1.12 bits per heavy atom. The predicted octanol–water partition coefficient (Wildman–Crippen LogP) is 3.25. The molecule has 0 aliphatic carbocycles. The van der Waals surface area contributed by atoms with Crippen LogP contribution < -0.4 is 4.74 Å². The van der Waals surface area contributed by atoms with Crippen molar-refractivity contribution in [1.29, 1.82) is 0 Å². The first kappa shape index (κ1) is 13.0. The minimum atomic E-state index is -0.170. The van der Waals surface area contributed by atoms with Crippen molar-refractivity contribution in [1.82, 2.24) is 0 Å². The van der Waals surface area contributed by atoms with Gasteiger partial charge < -0.3 is 9.84 Å². The molecule has 0 aromatic heterocycles. The van der Waals surface area contributed by atoms with E-state index in [2.05, 4.69) is 0 Å². The zero-order valence-corrected chi connectivity index (χ0v) is 10.2. The van der Waals surface area contributed by atoms with E-state index in [0.717, 1.165) is 31.6 Å². The van der Waals surface area contributed by atoms with Crippen LogP contribution in [-0.4, -0.2) is 17.8 Å². The molecule has 0 radical (unpaired) electrons. The van der Waals surface area contributed by atoms with Crippen LogP contribution in [0, 0.1) is 5.92 Å². The van der Waals surface area contributed by atoms with Crippen LogP contribution in [0.4, 0.5) is 0 Å². The van der Waals surface area contributed by atoms with Gasteiger partial charge in [-0.25, -0.2) is 0 Å². The second-order valence-electron chi connectivity index (χ2n) is 4.47. The third-order valence-corrected chi connectivity index (χ3v) is 2.68. The third kappa shape index (κ3) is 5.17. The molecule has 1 atom stereocenters. The van der Waals surface area contributed by atoms with Crippen molar-refractivity contribution in [3.05, 3.63) is 30.3 Å². The first-order valence-electron chi connectivity index (χ1n) is 6.06. The summed E-state index contributed by atoms with van der Waals surface area (Å²) in [6, 6.07) is 9.84. The second kappa shape index (κ2) is 7.29. The first-order valence-corrected chi connectivity index (χ1v) is 6.06. The van der Waals surface area contributed by atoms with Gasteiger partial charge in [-0.15, -0.1) is 0 Å². The molecule has 0 heterocycles. The number of ether oxygens (including phenoxy) is 1. The zero-order valence-electron chi connectivity index (χ0n) is 10.2. The Labute approximate surface area is 98.3 Å². The van der Waals surface area contributed by atoms with Crippen LogP contribution in [-0.2, 0) is 0 Å². The van der Waals surface area contributed by atoms with E-state index in [1.807, 2.05) is 44.2 Å². The molecule has 0 saturated heterocycles. The SMILES string of the molecule is CC(C)C(O)CCCCOc1ccccc1. The van der Waals surface area contributed by atoms with Gasteiger partial charge in [-0.1, -0.05) is 32.0 Å². The zero-order chi connectivity index (χ0) is 11.8. The van der Waals surface area contributed by atoms with Crippen LogP contribution in [0.3, 0.4) is 0 Å². The maximum atomic E-state index is 9.60. The highest BCUT2D eigenvalue weighted by molar-refractivity contribution is 5.20. The minimum Gasteiger partial charge on any atom is -0.494 e. The van der Waals surface area contributed by atoms with Crippen molar-refractivity contribution < 1.29 is 9.84 Å². The van der Waals surface area contributed by atoms with Gasteiger partial charge in [0.15, 0.2) is 0 Å². The molecule has 1 N–H and O–H groups in total. The summed E-state index contributed by atoms with van der Waals surface area (Å²) in [7, 11) is 0. The van der Waals surface area contributed by atoms with Gasteiger partial charge in [-0.2, -0.15) is 0 Å². The molecule has 0 aliphatic heterocycles. The number of benzene rings is 1. The summed E-state index contributed by atoms with van der Waals surface area (Å²) in [6.07, 6.45) is 2.72. The highest BCUT2D eigenvalue weighted by atomic mass is 16.5. The van der Waals surface area contributed by atoms with E-state index in [1.165, 1.54) is 0 Å². The molecule has 16 heavy (non-hydrogen) atoms. The Morgan fingerprint density at radius 2 is 1.81 bits per heavy atom. The van der Waals surface area contributed by atoms with Crippen LogP contribution in [0.1, 0.15) is 33.1 Å². The lowest BCUT2D eigenvalue weighted by molar-refractivity contribution is 0.111. The fraction of sp³-hybridized carbons (Fsp3) is 0.571. The maximum Gasteiger partial charge on any atom is 0.119 e. The van der Waals surface area contributed by atoms with E-state index in [-0.39, 0.29) is 6.10 Å². The lowest BCUT2D eigenvalue weighted by atomic mass is 10.0. The number of aliphatic hydroxyl groups is 1. The highest BCUT2D eigenvalue weighted by Gasteiger charge is 2.07. The number of hydrogen-bond acceptors (Lipinski definition) is 2. The molecule has 2 nitrogen and oxygen atoms in total. The molecule has 0 aliphatic rings. The van der Waals surface area contributed by atoms with Gasteiger partial charge in [0.2, 0.25) is 0 Å². The largest absolute Gasteiger partial charge is 0.494 e. The lowest BCUT2D eigenvalue weighted by Gasteiger charge is -2.13. The van der Waals surface area contributed by atoms with Crippen molar-refractivity contribution in [2.24, 2.45) is 5.92 Å². The Kier molecular flexibility index (Phi) is 5.94. The summed E-state index contributed by atoms with van der Waals surface area (Å²) in [5.41, 5.74) is 0. The fourth-order valence-electron chi connectivity index (χ4n) is 1.50. The van der Waals surface area contributed by atoms with Gasteiger partial charge in [0.05, 0.1) is 12.7 Å². The smallest absolute Gasteiger partial charge is 0.119 e. The van der Waals surface area contributed by atoms with Crippen LogP contribution in [0.25, 0.3) is 0 Å². The van der Waals surface area contributed by atoms with Crippen LogP contribution in [0.15, 0.2) is 30.3 Å². The fourth-order valence-corrected chi connectivity index (χ4v) is 1.50. The number of rotatable bonds is 7. The van der Waals surface area contributed by atoms with E-state index in [4.69, 9.17) is 4.74 Å². The quantitative estimate of drug-likeness (QED) is 0.718. The molecular weight excluding hydrogens is 200 g/mol. The minimum absolute atomic E-state index is 0.170. The first-order chi connectivity index (χ1) is 7.70. The summed E-state index contributed by atoms with van der Waals surface area (Å²) >= 11 is 0. The number of hydrogen-bond donors (Lipinski definition) is 1. The van der Waals surface area contributed by atoms with Crippen molar-refractivity contribution >= 4 is 0 Å². The third-order valence-electron chi connectivity index (χ3n) is 2.68. The van der Waals surface area contributed by atoms with Crippen LogP contribution >= 0.6 is 0 Å². The molecule has 90 valence electrons. The normalized spacial score (nSPS) is 12.8. The van der Waals surface area contributed by atoms with E-state index >= 15 is 0 Å². The molecule has 1 aromatic carbocycles. The van der Waals surface area contributed by atoms with Crippen molar-refractivity contribution in [2.75, 3.05) is 6.61 Å². The molecule has 1 aromatic rings. The Bertz CT molecular complexity index is 269. The van der Waals surface area contributed by atoms with Gasteiger partial charge in [-0.3, -0.25) is 0 Å². The van der Waals surface area contributed by atoms with Crippen LogP contribution in [0.5, 0.6) is 5.75 Å². The van der Waals surface area contributed by atoms with E-state index in [9.17, 15) is 5.11 Å². The van der Waals surface area contributed by atoms with Crippen LogP contribution in [0.2, 0.25) is 0 Å². The summed E-state index contributed by atoms with van der Waals surface area (Å²) in [4.78, 5) is 0. The Morgan fingerprint density at radius 3 is 2.44 bits per heavy atom. The Balaban J connectivity index is 2.04. The molecule has 1 rings (SSSR count). The van der Waals surface area contributed by atoms with E-state index < -0.39 is 0 Å². The van der Waals surface area contributed by atoms with Crippen molar-refractivity contribution in [2.45, 2.75) is 39.2 Å². The van der Waals surface area contributed by atoms with Gasteiger partial charge in [-0.05, 0) is 37.3 Å². The molecule has 1 unspecified atom stereocenters. The summed E-state index contributed by atoms with van der Waals surface area (Å²) in [6.45, 7) is 4.82. The maximum absolute atomic E-state index is 9.60. The van der Waals surface area contributed by atoms with Gasteiger partial charge in [0, 0.05) is 0 Å². The Hall–Kier alpha value is -1.02. The number of aliphatic hydroxyl groups excluding tert-OH is 1. The molecule has 0 amide bonds. The number of unbranched alkanes of at least 4 members (excludes halogenated alkanes) is 1. The highest BCUT2D eigenvalue weighted by Crippen LogP contribution is 2.12. The van der Waals surface area contributed by atoms with Gasteiger partial charge in [0.25, 0.3) is 0 Å². The molecule has 0 saturated carbocycles. The standard InChI is InChI=1S/C14H22O2/c1-12(2)14(15)10-6-7-11-16-13-8-4-3-5-9-13/h3-5,8-9,12,14-15H,6-7,10-11H2,1-2H3. The topological polar surface area (TPSA) is 29.5 Å². The van der Waals surface area contributed by atoms with E-state index in [1.54, 1.807) is 0 Å². The molecule has 0 spiro atoms. The summed E-state index contributed by atoms with van der Waals surface area (Å²) in [5.74, 6) is 1.28. The average molecular weight is 222 g/mol. The molecule has 2 heteroatoms. The molecule has 0 fully saturated rings. The number of para-hydroxylation sites is 1. The lowest BCUT2D eigenvalue weighted by Crippen LogP contribution is -2.14. The second-order valence-corrected chi connectivity index (χ2v) is 4.47. The molecular formula is C14H22O2. The summed E-state index contributed by atoms with van der Waals surface area (Å²) < 4.78 is 5.57. The molecule has 0 bridgehead atoms. The van der Waals surface area contributed by atoms with Gasteiger partial charge >= 0.3 is 0 Å². The monoisotopic (exact) mass is 222 g/mol. The van der Waals surface area contributed by atoms with Crippen molar-refractivity contribution in [3.8, 4) is 5.75 Å². The van der Waals surface area contributed by atoms with Gasteiger partial charge in [0.1, 0.15) is 5.75 Å². The van der Waals surface area contributed by atoms with E-state index in [0.29, 0.717) is 5.92 Å². The summed E-state index contributed by atoms with van der Waals surface area (Å²) in [5, 5.41) is 9.60.